The van der Waals surface area contributed by atoms with E-state index in [1.54, 1.807) is 12.1 Å². The van der Waals surface area contributed by atoms with Crippen LogP contribution in [0.2, 0.25) is 5.02 Å². The Hall–Kier alpha value is -0.830. The van der Waals surface area contributed by atoms with Crippen molar-refractivity contribution in [3.63, 3.8) is 0 Å². The summed E-state index contributed by atoms with van der Waals surface area (Å²) in [6.07, 6.45) is 1.03. The van der Waals surface area contributed by atoms with E-state index in [1.165, 1.54) is 10.4 Å². The molecule has 0 unspecified atom stereocenters. The third-order valence-electron chi connectivity index (χ3n) is 3.50. The zero-order chi connectivity index (χ0) is 15.6. The monoisotopic (exact) mass is 395 g/mol. The van der Waals surface area contributed by atoms with E-state index in [0.29, 0.717) is 25.9 Å². The van der Waals surface area contributed by atoms with Crippen LogP contribution in [0.5, 0.6) is 0 Å². The number of rotatable bonds is 3. The minimum absolute atomic E-state index is 0.0922. The first kappa shape index (κ1) is 16.5. The van der Waals surface area contributed by atoms with Crippen LogP contribution in [0.3, 0.4) is 0 Å². The molecule has 1 aromatic rings. The van der Waals surface area contributed by atoms with Gasteiger partial charge in [0.1, 0.15) is 10.7 Å². The van der Waals surface area contributed by atoms with E-state index in [2.05, 4.69) is 21.1 Å². The van der Waals surface area contributed by atoms with Crippen molar-refractivity contribution in [2.75, 3.05) is 13.1 Å². The number of nitrogens with two attached hydrogens (primary N) is 1. The lowest BCUT2D eigenvalue weighted by Crippen LogP contribution is -2.41. The average molecular weight is 397 g/mol. The molecule has 9 heteroatoms. The van der Waals surface area contributed by atoms with Gasteiger partial charge in [-0.05, 0) is 31.0 Å². The van der Waals surface area contributed by atoms with Gasteiger partial charge in [-0.15, -0.1) is 0 Å². The van der Waals surface area contributed by atoms with Gasteiger partial charge >= 0.3 is 0 Å². The molecule has 3 N–H and O–H groups in total. The molecule has 0 aliphatic carbocycles. The molecular weight excluding hydrogens is 382 g/mol. The molecule has 0 spiro atoms. The molecule has 0 radical (unpaired) electrons. The molecule has 1 fully saturated rings. The number of amidine groups is 1. The minimum atomic E-state index is -3.63. The number of hydrogen-bond acceptors (Lipinski definition) is 4. The summed E-state index contributed by atoms with van der Waals surface area (Å²) < 4.78 is 27.3. The summed E-state index contributed by atoms with van der Waals surface area (Å²) >= 11 is 9.27. The maximum atomic E-state index is 12.6. The van der Waals surface area contributed by atoms with Crippen LogP contribution in [0.4, 0.5) is 0 Å². The summed E-state index contributed by atoms with van der Waals surface area (Å²) in [4.78, 5) is 0.0922. The molecule has 116 valence electrons. The first-order chi connectivity index (χ1) is 9.86. The molecule has 0 bridgehead atoms. The van der Waals surface area contributed by atoms with Crippen LogP contribution >= 0.6 is 27.5 Å². The number of nitrogens with zero attached hydrogens (tertiary/aromatic N) is 2. The van der Waals surface area contributed by atoms with Gasteiger partial charge in [-0.2, -0.15) is 4.31 Å². The van der Waals surface area contributed by atoms with Gasteiger partial charge in [0.05, 0.1) is 5.02 Å². The third kappa shape index (κ3) is 3.50. The first-order valence-corrected chi connectivity index (χ1v) is 8.90. The number of sulfonamides is 1. The van der Waals surface area contributed by atoms with Crippen LogP contribution in [0.1, 0.15) is 12.8 Å². The summed E-state index contributed by atoms with van der Waals surface area (Å²) in [5, 5.41) is 11.8. The van der Waals surface area contributed by atoms with Gasteiger partial charge < -0.3 is 10.9 Å². The number of benzene rings is 1. The fourth-order valence-corrected chi connectivity index (χ4v) is 4.78. The fourth-order valence-electron chi connectivity index (χ4n) is 2.30. The Balaban J connectivity index is 2.19. The van der Waals surface area contributed by atoms with Crippen molar-refractivity contribution in [2.45, 2.75) is 17.7 Å². The lowest BCUT2D eigenvalue weighted by molar-refractivity contribution is 0.291. The topological polar surface area (TPSA) is 96.0 Å². The van der Waals surface area contributed by atoms with Crippen molar-refractivity contribution in [2.24, 2.45) is 16.8 Å². The summed E-state index contributed by atoms with van der Waals surface area (Å²) in [6, 6.07) is 4.68. The van der Waals surface area contributed by atoms with E-state index >= 15 is 0 Å². The largest absolute Gasteiger partial charge is 0.409 e. The molecule has 1 aromatic carbocycles. The molecule has 0 saturated carbocycles. The van der Waals surface area contributed by atoms with Crippen LogP contribution in [-0.4, -0.2) is 36.9 Å². The van der Waals surface area contributed by atoms with E-state index in [9.17, 15) is 8.42 Å². The highest BCUT2D eigenvalue weighted by atomic mass is 79.9. The summed E-state index contributed by atoms with van der Waals surface area (Å²) in [5.41, 5.74) is 5.56. The second kappa shape index (κ2) is 6.51. The lowest BCUT2D eigenvalue weighted by atomic mass is 9.97. The van der Waals surface area contributed by atoms with E-state index in [-0.39, 0.29) is 21.7 Å². The highest BCUT2D eigenvalue weighted by molar-refractivity contribution is 9.10. The van der Waals surface area contributed by atoms with Gasteiger partial charge in [0, 0.05) is 23.5 Å². The van der Waals surface area contributed by atoms with Crippen molar-refractivity contribution >= 4 is 43.4 Å². The maximum Gasteiger partial charge on any atom is 0.244 e. The first-order valence-electron chi connectivity index (χ1n) is 6.29. The molecular formula is C12H15BrClN3O3S. The molecule has 1 aliphatic rings. The highest BCUT2D eigenvalue weighted by Gasteiger charge is 2.32. The number of oxime groups is 1. The van der Waals surface area contributed by atoms with Gasteiger partial charge in [0.15, 0.2) is 0 Å². The molecule has 1 saturated heterocycles. The second-order valence-electron chi connectivity index (χ2n) is 4.78. The van der Waals surface area contributed by atoms with E-state index in [1.807, 2.05) is 0 Å². The molecule has 2 rings (SSSR count). The minimum Gasteiger partial charge on any atom is -0.409 e. The molecule has 0 amide bonds. The molecule has 0 aromatic heterocycles. The normalized spacial score (nSPS) is 18.9. The molecule has 21 heavy (non-hydrogen) atoms. The van der Waals surface area contributed by atoms with Gasteiger partial charge in [-0.1, -0.05) is 32.7 Å². The average Bonchev–Trinajstić information content (AvgIpc) is 2.46. The Morgan fingerprint density at radius 2 is 2.05 bits per heavy atom. The molecule has 1 heterocycles. The summed E-state index contributed by atoms with van der Waals surface area (Å²) in [5.74, 6) is 0.0514. The molecule has 0 atom stereocenters. The Morgan fingerprint density at radius 1 is 1.43 bits per heavy atom. The van der Waals surface area contributed by atoms with Crippen LogP contribution in [0.25, 0.3) is 0 Å². The summed E-state index contributed by atoms with van der Waals surface area (Å²) in [7, 11) is -3.63. The van der Waals surface area contributed by atoms with Gasteiger partial charge in [0.2, 0.25) is 10.0 Å². The number of hydrogen-bond donors (Lipinski definition) is 2. The predicted molar refractivity (Wildman–Crippen MR) is 84.0 cm³/mol. The van der Waals surface area contributed by atoms with Crippen molar-refractivity contribution in [3.05, 3.63) is 27.7 Å². The molecule has 1 aliphatic heterocycles. The van der Waals surface area contributed by atoms with E-state index in [4.69, 9.17) is 22.5 Å². The van der Waals surface area contributed by atoms with Crippen LogP contribution in [-0.2, 0) is 10.0 Å². The van der Waals surface area contributed by atoms with E-state index < -0.39 is 10.0 Å². The van der Waals surface area contributed by atoms with Crippen LogP contribution in [0.15, 0.2) is 32.7 Å². The van der Waals surface area contributed by atoms with Crippen molar-refractivity contribution in [1.29, 1.82) is 0 Å². The zero-order valence-corrected chi connectivity index (χ0v) is 14.2. The van der Waals surface area contributed by atoms with Crippen molar-refractivity contribution < 1.29 is 13.6 Å². The summed E-state index contributed by atoms with van der Waals surface area (Å²) in [6.45, 7) is 0.630. The van der Waals surface area contributed by atoms with Gasteiger partial charge in [-0.25, -0.2) is 8.42 Å². The SMILES string of the molecule is NC(=NO)C1CCN(S(=O)(=O)c2ccc(Br)cc2Cl)CC1. The predicted octanol–water partition coefficient (Wildman–Crippen LogP) is 2.25. The Bertz CT molecular complexity index is 658. The Morgan fingerprint density at radius 3 is 2.57 bits per heavy atom. The Kier molecular flexibility index (Phi) is 5.13. The lowest BCUT2D eigenvalue weighted by Gasteiger charge is -2.30. The molecule has 6 nitrogen and oxygen atoms in total. The van der Waals surface area contributed by atoms with Crippen LogP contribution in [0, 0.1) is 5.92 Å². The van der Waals surface area contributed by atoms with Gasteiger partial charge in [-0.3, -0.25) is 0 Å². The quantitative estimate of drug-likeness (QED) is 0.354. The third-order valence-corrected chi connectivity index (χ3v) is 6.37. The maximum absolute atomic E-state index is 12.6. The van der Waals surface area contributed by atoms with E-state index in [0.717, 1.165) is 4.47 Å². The second-order valence-corrected chi connectivity index (χ2v) is 8.01. The number of piperidine rings is 1. The Labute approximate surface area is 136 Å². The smallest absolute Gasteiger partial charge is 0.244 e. The highest BCUT2D eigenvalue weighted by Crippen LogP contribution is 2.30. The van der Waals surface area contributed by atoms with Crippen molar-refractivity contribution in [1.82, 2.24) is 4.31 Å². The fraction of sp³-hybridized carbons (Fsp3) is 0.417. The number of halogens is 2. The zero-order valence-electron chi connectivity index (χ0n) is 11.0. The van der Waals surface area contributed by atoms with Gasteiger partial charge in [0.25, 0.3) is 0 Å². The van der Waals surface area contributed by atoms with Crippen LogP contribution < -0.4 is 5.73 Å². The standard InChI is InChI=1S/C12H15BrClN3O3S/c13-9-1-2-11(10(14)7-9)21(19,20)17-5-3-8(4-6-17)12(15)16-18/h1-2,7-8,18H,3-6H2,(H2,15,16). The van der Waals surface area contributed by atoms with Crippen molar-refractivity contribution in [3.8, 4) is 0 Å².